The van der Waals surface area contributed by atoms with Crippen LogP contribution in [0.3, 0.4) is 0 Å². The highest BCUT2D eigenvalue weighted by Crippen LogP contribution is 2.17. The summed E-state index contributed by atoms with van der Waals surface area (Å²) in [4.78, 5) is 4.02. The second-order valence-electron chi connectivity index (χ2n) is 4.51. The van der Waals surface area contributed by atoms with Crippen LogP contribution in [0.5, 0.6) is 0 Å². The van der Waals surface area contributed by atoms with Crippen LogP contribution in [0.25, 0.3) is 0 Å². The lowest BCUT2D eigenvalue weighted by molar-refractivity contribution is 0.165. The van der Waals surface area contributed by atoms with Crippen LogP contribution in [0, 0.1) is 5.82 Å². The molecular weight excluding hydrogens is 265 g/mol. The fraction of sp³-hybridized carbons (Fsp3) is 0.267. The lowest BCUT2D eigenvalue weighted by atomic mass is 10.0. The molecule has 0 saturated heterocycles. The summed E-state index contributed by atoms with van der Waals surface area (Å²) < 4.78 is 13.3. The number of hydrogen-bond acceptors (Lipinski definition) is 2. The predicted molar refractivity (Wildman–Crippen MR) is 73.7 cm³/mol. The molecular formula is C15H15ClFNO. The highest BCUT2D eigenvalue weighted by molar-refractivity contribution is 6.30. The molecule has 1 unspecified atom stereocenters. The first kappa shape index (κ1) is 14.0. The summed E-state index contributed by atoms with van der Waals surface area (Å²) in [6.45, 7) is 0. The number of nitrogens with zero attached hydrogens (tertiary/aromatic N) is 1. The molecule has 0 radical (unpaired) electrons. The maximum Gasteiger partial charge on any atom is 0.142 e. The zero-order valence-electron chi connectivity index (χ0n) is 10.4. The van der Waals surface area contributed by atoms with Gasteiger partial charge >= 0.3 is 0 Å². The monoisotopic (exact) mass is 279 g/mol. The van der Waals surface area contributed by atoms with E-state index >= 15 is 0 Å². The van der Waals surface area contributed by atoms with Gasteiger partial charge in [-0.15, -0.1) is 0 Å². The molecule has 4 heteroatoms. The van der Waals surface area contributed by atoms with Gasteiger partial charge in [0, 0.05) is 12.4 Å². The van der Waals surface area contributed by atoms with E-state index in [1.54, 1.807) is 18.5 Å². The summed E-state index contributed by atoms with van der Waals surface area (Å²) in [5.74, 6) is -0.446. The number of hydrogen-bond donors (Lipinski definition) is 1. The van der Waals surface area contributed by atoms with Gasteiger partial charge in [-0.3, -0.25) is 4.98 Å². The first-order valence-electron chi connectivity index (χ1n) is 6.16. The van der Waals surface area contributed by atoms with Crippen LogP contribution in [0.4, 0.5) is 4.39 Å². The van der Waals surface area contributed by atoms with Crippen molar-refractivity contribution in [3.63, 3.8) is 0 Å². The second-order valence-corrected chi connectivity index (χ2v) is 4.91. The standard InChI is InChI=1S/C15H15ClFNO/c16-14-6-4-12(9-15(14)17)8-13(19)5-3-11-2-1-7-18-10-11/h1-2,4,6-7,9-10,13,19H,3,5,8H2. The summed E-state index contributed by atoms with van der Waals surface area (Å²) >= 11 is 5.61. The second kappa shape index (κ2) is 6.64. The zero-order valence-corrected chi connectivity index (χ0v) is 11.1. The summed E-state index contributed by atoms with van der Waals surface area (Å²) in [6.07, 6.45) is 4.81. The van der Waals surface area contributed by atoms with Gasteiger partial charge in [0.05, 0.1) is 11.1 Å². The van der Waals surface area contributed by atoms with Gasteiger partial charge in [0.15, 0.2) is 0 Å². The Hall–Kier alpha value is -1.45. The van der Waals surface area contributed by atoms with Crippen molar-refractivity contribution in [1.82, 2.24) is 4.98 Å². The molecule has 2 aromatic rings. The van der Waals surface area contributed by atoms with E-state index in [4.69, 9.17) is 11.6 Å². The van der Waals surface area contributed by atoms with Crippen LogP contribution < -0.4 is 0 Å². The maximum atomic E-state index is 13.3. The van der Waals surface area contributed by atoms with Crippen molar-refractivity contribution in [1.29, 1.82) is 0 Å². The van der Waals surface area contributed by atoms with E-state index in [0.29, 0.717) is 12.8 Å². The van der Waals surface area contributed by atoms with Gasteiger partial charge in [0.2, 0.25) is 0 Å². The molecule has 0 aliphatic rings. The maximum absolute atomic E-state index is 13.3. The molecule has 1 heterocycles. The molecule has 0 fully saturated rings. The minimum absolute atomic E-state index is 0.105. The highest BCUT2D eigenvalue weighted by atomic mass is 35.5. The van der Waals surface area contributed by atoms with Gasteiger partial charge in [0.25, 0.3) is 0 Å². The molecule has 1 atom stereocenters. The van der Waals surface area contributed by atoms with Crippen molar-refractivity contribution in [2.24, 2.45) is 0 Å². The molecule has 0 spiro atoms. The summed E-state index contributed by atoms with van der Waals surface area (Å²) in [5.41, 5.74) is 1.84. The number of aliphatic hydroxyl groups excluding tert-OH is 1. The molecule has 2 rings (SSSR count). The highest BCUT2D eigenvalue weighted by Gasteiger charge is 2.08. The molecule has 1 aromatic heterocycles. The molecule has 100 valence electrons. The fourth-order valence-electron chi connectivity index (χ4n) is 1.92. The SMILES string of the molecule is OC(CCc1cccnc1)Cc1ccc(Cl)c(F)c1. The normalized spacial score (nSPS) is 12.4. The molecule has 2 nitrogen and oxygen atoms in total. The quantitative estimate of drug-likeness (QED) is 0.910. The summed E-state index contributed by atoms with van der Waals surface area (Å²) in [5, 5.41) is 10.1. The third kappa shape index (κ3) is 4.30. The van der Waals surface area contributed by atoms with Crippen LogP contribution >= 0.6 is 11.6 Å². The average Bonchev–Trinajstić information content (AvgIpc) is 2.42. The summed E-state index contributed by atoms with van der Waals surface area (Å²) in [7, 11) is 0. The molecule has 1 aromatic carbocycles. The van der Waals surface area contributed by atoms with Gasteiger partial charge in [-0.1, -0.05) is 23.7 Å². The minimum atomic E-state index is -0.499. The van der Waals surface area contributed by atoms with Gasteiger partial charge in [-0.25, -0.2) is 4.39 Å². The number of rotatable bonds is 5. The van der Waals surface area contributed by atoms with E-state index in [2.05, 4.69) is 4.98 Å². The first-order valence-corrected chi connectivity index (χ1v) is 6.54. The Labute approximate surface area is 116 Å². The zero-order chi connectivity index (χ0) is 13.7. The van der Waals surface area contributed by atoms with Crippen LogP contribution in [0.2, 0.25) is 5.02 Å². The molecule has 19 heavy (non-hydrogen) atoms. The number of pyridine rings is 1. The van der Waals surface area contributed by atoms with Gasteiger partial charge < -0.3 is 5.11 Å². The predicted octanol–water partition coefficient (Wildman–Crippen LogP) is 3.41. The Kier molecular flexibility index (Phi) is 4.88. The van der Waals surface area contributed by atoms with Crippen molar-refractivity contribution < 1.29 is 9.50 Å². The topological polar surface area (TPSA) is 33.1 Å². The number of aromatic nitrogens is 1. The van der Waals surface area contributed by atoms with Crippen molar-refractivity contribution >= 4 is 11.6 Å². The molecule has 0 amide bonds. The van der Waals surface area contributed by atoms with E-state index in [1.807, 2.05) is 12.1 Å². The average molecular weight is 280 g/mol. The first-order chi connectivity index (χ1) is 9.15. The van der Waals surface area contributed by atoms with Crippen LogP contribution in [0.15, 0.2) is 42.7 Å². The van der Waals surface area contributed by atoms with E-state index in [1.165, 1.54) is 12.1 Å². The molecule has 1 N–H and O–H groups in total. The van der Waals surface area contributed by atoms with Crippen molar-refractivity contribution in [3.8, 4) is 0 Å². The lowest BCUT2D eigenvalue weighted by Crippen LogP contribution is -2.11. The molecule has 0 saturated carbocycles. The molecule has 0 aliphatic carbocycles. The van der Waals surface area contributed by atoms with Gasteiger partial charge in [-0.2, -0.15) is 0 Å². The van der Waals surface area contributed by atoms with E-state index in [-0.39, 0.29) is 5.02 Å². The van der Waals surface area contributed by atoms with Crippen LogP contribution in [-0.2, 0) is 12.8 Å². The fourth-order valence-corrected chi connectivity index (χ4v) is 2.04. The smallest absolute Gasteiger partial charge is 0.142 e. The largest absolute Gasteiger partial charge is 0.393 e. The van der Waals surface area contributed by atoms with Crippen molar-refractivity contribution in [2.75, 3.05) is 0 Å². The minimum Gasteiger partial charge on any atom is -0.393 e. The molecule has 0 aliphatic heterocycles. The lowest BCUT2D eigenvalue weighted by Gasteiger charge is -2.11. The third-order valence-corrected chi connectivity index (χ3v) is 3.25. The van der Waals surface area contributed by atoms with Crippen LogP contribution in [-0.4, -0.2) is 16.2 Å². The van der Waals surface area contributed by atoms with Crippen molar-refractivity contribution in [2.45, 2.75) is 25.4 Å². The van der Waals surface area contributed by atoms with Gasteiger partial charge in [-0.05, 0) is 48.6 Å². The van der Waals surface area contributed by atoms with Gasteiger partial charge in [0.1, 0.15) is 5.82 Å². The summed E-state index contributed by atoms with van der Waals surface area (Å²) in [6, 6.07) is 8.46. The third-order valence-electron chi connectivity index (χ3n) is 2.94. The molecule has 0 bridgehead atoms. The van der Waals surface area contributed by atoms with E-state index < -0.39 is 11.9 Å². The Bertz CT molecular complexity index is 533. The Morgan fingerprint density at radius 1 is 1.26 bits per heavy atom. The van der Waals surface area contributed by atoms with E-state index in [9.17, 15) is 9.50 Å². The Balaban J connectivity index is 1.87. The van der Waals surface area contributed by atoms with Crippen LogP contribution in [0.1, 0.15) is 17.5 Å². The van der Waals surface area contributed by atoms with Crippen molar-refractivity contribution in [3.05, 3.63) is 64.7 Å². The number of halogens is 2. The Morgan fingerprint density at radius 2 is 2.11 bits per heavy atom. The number of aliphatic hydroxyl groups is 1. The van der Waals surface area contributed by atoms with E-state index in [0.717, 1.165) is 17.5 Å². The Morgan fingerprint density at radius 3 is 2.79 bits per heavy atom. The number of benzene rings is 1. The number of aryl methyl sites for hydroxylation is 1.